The number of rotatable bonds is 5. The summed E-state index contributed by atoms with van der Waals surface area (Å²) in [6, 6.07) is 2.79. The highest BCUT2D eigenvalue weighted by molar-refractivity contribution is 5.76. The van der Waals surface area contributed by atoms with Crippen molar-refractivity contribution in [2.24, 2.45) is 0 Å². The summed E-state index contributed by atoms with van der Waals surface area (Å²) in [5.74, 6) is -0.366. The number of carboxylic acids is 1. The Morgan fingerprint density at radius 3 is 2.87 bits per heavy atom. The van der Waals surface area contributed by atoms with E-state index in [-0.39, 0.29) is 0 Å². The number of anilines is 1. The van der Waals surface area contributed by atoms with E-state index in [0.29, 0.717) is 18.2 Å². The summed E-state index contributed by atoms with van der Waals surface area (Å²) in [6.45, 7) is 4.00. The van der Waals surface area contributed by atoms with Crippen LogP contribution in [0.3, 0.4) is 0 Å². The maximum atomic E-state index is 10.6. The van der Waals surface area contributed by atoms with Gasteiger partial charge in [0.2, 0.25) is 5.88 Å². The lowest BCUT2D eigenvalue weighted by atomic mass is 10.3. The number of hydrogen-bond acceptors (Lipinski definition) is 4. The topological polar surface area (TPSA) is 71.5 Å². The molecule has 5 heteroatoms. The van der Waals surface area contributed by atoms with Gasteiger partial charge in [0.05, 0.1) is 18.5 Å². The van der Waals surface area contributed by atoms with Crippen molar-refractivity contribution in [3.05, 3.63) is 18.3 Å². The van der Waals surface area contributed by atoms with Crippen molar-refractivity contribution in [3.63, 3.8) is 0 Å². The Hall–Kier alpha value is -1.78. The Balaban J connectivity index is 2.60. The molecule has 0 aliphatic rings. The Kier molecular flexibility index (Phi) is 3.91. The second-order valence-corrected chi connectivity index (χ2v) is 3.02. The summed E-state index contributed by atoms with van der Waals surface area (Å²) in [7, 11) is 0. The smallest absolute Gasteiger partial charge is 0.325 e. The molecule has 0 bridgehead atoms. The lowest BCUT2D eigenvalue weighted by molar-refractivity contribution is -0.137. The van der Waals surface area contributed by atoms with E-state index in [0.717, 1.165) is 0 Å². The average Bonchev–Trinajstić information content (AvgIpc) is 2.21. The standard InChI is InChI=1S/C10H14N2O3/c1-3-15-9-5-4-8(6-11-9)12-7(2)10(13)14/h4-7,12H,3H2,1-2H3,(H,13,14). The lowest BCUT2D eigenvalue weighted by Gasteiger charge is -2.10. The molecule has 0 radical (unpaired) electrons. The molecule has 15 heavy (non-hydrogen) atoms. The van der Waals surface area contributed by atoms with Gasteiger partial charge in [-0.2, -0.15) is 0 Å². The van der Waals surface area contributed by atoms with E-state index in [4.69, 9.17) is 9.84 Å². The molecule has 1 aromatic rings. The summed E-state index contributed by atoms with van der Waals surface area (Å²) in [4.78, 5) is 14.6. The first-order valence-electron chi connectivity index (χ1n) is 4.71. The number of ether oxygens (including phenoxy) is 1. The van der Waals surface area contributed by atoms with Crippen LogP contribution in [-0.2, 0) is 4.79 Å². The fourth-order valence-electron chi connectivity index (χ4n) is 1.01. The minimum atomic E-state index is -0.899. The van der Waals surface area contributed by atoms with Crippen molar-refractivity contribution in [1.82, 2.24) is 4.98 Å². The number of nitrogens with zero attached hydrogens (tertiary/aromatic N) is 1. The third-order valence-corrected chi connectivity index (χ3v) is 1.78. The summed E-state index contributed by atoms with van der Waals surface area (Å²) < 4.78 is 5.16. The fourth-order valence-corrected chi connectivity index (χ4v) is 1.01. The highest BCUT2D eigenvalue weighted by atomic mass is 16.5. The summed E-state index contributed by atoms with van der Waals surface area (Å²) in [6.07, 6.45) is 1.55. The molecule has 0 saturated carbocycles. The quantitative estimate of drug-likeness (QED) is 0.767. The first-order valence-corrected chi connectivity index (χ1v) is 4.71. The van der Waals surface area contributed by atoms with Gasteiger partial charge in [0.15, 0.2) is 0 Å². The summed E-state index contributed by atoms with van der Waals surface area (Å²) >= 11 is 0. The molecule has 1 rings (SSSR count). The van der Waals surface area contributed by atoms with Crippen LogP contribution in [-0.4, -0.2) is 28.7 Å². The van der Waals surface area contributed by atoms with Gasteiger partial charge in [-0.25, -0.2) is 4.98 Å². The molecule has 0 amide bonds. The molecule has 1 heterocycles. The van der Waals surface area contributed by atoms with Crippen molar-refractivity contribution in [3.8, 4) is 5.88 Å². The van der Waals surface area contributed by atoms with Crippen LogP contribution in [0.15, 0.2) is 18.3 Å². The van der Waals surface area contributed by atoms with Crippen molar-refractivity contribution >= 4 is 11.7 Å². The van der Waals surface area contributed by atoms with Gasteiger partial charge in [0.25, 0.3) is 0 Å². The van der Waals surface area contributed by atoms with Gasteiger partial charge in [0, 0.05) is 6.07 Å². The van der Waals surface area contributed by atoms with Crippen molar-refractivity contribution in [2.45, 2.75) is 19.9 Å². The second-order valence-electron chi connectivity index (χ2n) is 3.02. The van der Waals surface area contributed by atoms with Crippen LogP contribution in [0.25, 0.3) is 0 Å². The molecule has 1 unspecified atom stereocenters. The number of pyridine rings is 1. The van der Waals surface area contributed by atoms with Crippen LogP contribution in [0.4, 0.5) is 5.69 Å². The van der Waals surface area contributed by atoms with Crippen molar-refractivity contribution in [1.29, 1.82) is 0 Å². The third kappa shape index (κ3) is 3.46. The van der Waals surface area contributed by atoms with Crippen LogP contribution in [0.1, 0.15) is 13.8 Å². The van der Waals surface area contributed by atoms with Crippen LogP contribution in [0, 0.1) is 0 Å². The zero-order chi connectivity index (χ0) is 11.3. The molecule has 1 atom stereocenters. The van der Waals surface area contributed by atoms with Crippen molar-refractivity contribution in [2.75, 3.05) is 11.9 Å². The van der Waals surface area contributed by atoms with E-state index < -0.39 is 12.0 Å². The Labute approximate surface area is 88.1 Å². The monoisotopic (exact) mass is 210 g/mol. The van der Waals surface area contributed by atoms with Crippen LogP contribution < -0.4 is 10.1 Å². The first-order chi connectivity index (χ1) is 7.13. The first kappa shape index (κ1) is 11.3. The maximum Gasteiger partial charge on any atom is 0.325 e. The van der Waals surface area contributed by atoms with Gasteiger partial charge in [-0.1, -0.05) is 0 Å². The van der Waals surface area contributed by atoms with Gasteiger partial charge in [-0.05, 0) is 19.9 Å². The number of aliphatic carboxylic acids is 1. The molecular weight excluding hydrogens is 196 g/mol. The molecule has 0 fully saturated rings. The van der Waals surface area contributed by atoms with Crippen molar-refractivity contribution < 1.29 is 14.6 Å². The molecule has 5 nitrogen and oxygen atoms in total. The highest BCUT2D eigenvalue weighted by Gasteiger charge is 2.09. The number of hydrogen-bond donors (Lipinski definition) is 2. The van der Waals surface area contributed by atoms with E-state index in [1.54, 1.807) is 25.3 Å². The maximum absolute atomic E-state index is 10.6. The molecule has 1 aromatic heterocycles. The number of carboxylic acid groups (broad SMARTS) is 1. The average molecular weight is 210 g/mol. The number of nitrogens with one attached hydrogen (secondary N) is 1. The lowest BCUT2D eigenvalue weighted by Crippen LogP contribution is -2.25. The molecule has 0 aliphatic heterocycles. The normalized spacial score (nSPS) is 11.9. The van der Waals surface area contributed by atoms with E-state index >= 15 is 0 Å². The van der Waals surface area contributed by atoms with Gasteiger partial charge in [0.1, 0.15) is 6.04 Å². The highest BCUT2D eigenvalue weighted by Crippen LogP contribution is 2.12. The predicted octanol–water partition coefficient (Wildman–Crippen LogP) is 1.37. The van der Waals surface area contributed by atoms with Gasteiger partial charge < -0.3 is 15.2 Å². The SMILES string of the molecule is CCOc1ccc(NC(C)C(=O)O)cn1. The zero-order valence-corrected chi connectivity index (χ0v) is 8.73. The molecular formula is C10H14N2O3. The second kappa shape index (κ2) is 5.19. The molecule has 0 spiro atoms. The Morgan fingerprint density at radius 2 is 2.40 bits per heavy atom. The molecule has 82 valence electrons. The van der Waals surface area contributed by atoms with Crippen LogP contribution in [0.5, 0.6) is 5.88 Å². The summed E-state index contributed by atoms with van der Waals surface area (Å²) in [5, 5.41) is 11.5. The third-order valence-electron chi connectivity index (χ3n) is 1.78. The van der Waals surface area contributed by atoms with Gasteiger partial charge >= 0.3 is 5.97 Å². The molecule has 0 aromatic carbocycles. The van der Waals surface area contributed by atoms with Crippen LogP contribution >= 0.6 is 0 Å². The number of aromatic nitrogens is 1. The van der Waals surface area contributed by atoms with E-state index in [9.17, 15) is 4.79 Å². The van der Waals surface area contributed by atoms with E-state index in [1.165, 1.54) is 0 Å². The summed E-state index contributed by atoms with van der Waals surface area (Å²) in [5.41, 5.74) is 0.661. The van der Waals surface area contributed by atoms with Gasteiger partial charge in [-0.15, -0.1) is 0 Å². The van der Waals surface area contributed by atoms with E-state index in [1.807, 2.05) is 6.92 Å². The largest absolute Gasteiger partial charge is 0.480 e. The minimum absolute atomic E-state index is 0.533. The number of carbonyl (C=O) groups is 1. The van der Waals surface area contributed by atoms with Crippen LogP contribution in [0.2, 0.25) is 0 Å². The van der Waals surface area contributed by atoms with Gasteiger partial charge in [-0.3, -0.25) is 4.79 Å². The predicted molar refractivity (Wildman–Crippen MR) is 56.1 cm³/mol. The fraction of sp³-hybridized carbons (Fsp3) is 0.400. The van der Waals surface area contributed by atoms with E-state index in [2.05, 4.69) is 10.3 Å². The molecule has 2 N–H and O–H groups in total. The Bertz CT molecular complexity index is 324. The zero-order valence-electron chi connectivity index (χ0n) is 8.73. The minimum Gasteiger partial charge on any atom is -0.480 e. The molecule has 0 saturated heterocycles. The Morgan fingerprint density at radius 1 is 1.67 bits per heavy atom. The molecule has 0 aliphatic carbocycles.